The zero-order valence-electron chi connectivity index (χ0n) is 22.3. The number of benzene rings is 2. The number of epoxide rings is 1. The molecule has 2 aromatic carbocycles. The van der Waals surface area contributed by atoms with Crippen molar-refractivity contribution < 1.29 is 32.2 Å². The Morgan fingerprint density at radius 3 is 2.21 bits per heavy atom. The number of esters is 2. The second-order valence-electron chi connectivity index (χ2n) is 10.0. The van der Waals surface area contributed by atoms with E-state index in [1.165, 1.54) is 4.31 Å². The number of carbonyl (C=O) groups is 2. The van der Waals surface area contributed by atoms with Crippen LogP contribution in [0.4, 0.5) is 0 Å². The van der Waals surface area contributed by atoms with E-state index in [4.69, 9.17) is 14.2 Å². The van der Waals surface area contributed by atoms with Gasteiger partial charge in [0.15, 0.2) is 0 Å². The Kier molecular flexibility index (Phi) is 7.96. The highest BCUT2D eigenvalue weighted by molar-refractivity contribution is 7.89. The van der Waals surface area contributed by atoms with E-state index < -0.39 is 45.9 Å². The first-order valence-corrected chi connectivity index (χ1v) is 14.1. The van der Waals surface area contributed by atoms with E-state index in [0.717, 1.165) is 22.0 Å². The summed E-state index contributed by atoms with van der Waals surface area (Å²) in [6, 6.07) is 14.3. The van der Waals surface area contributed by atoms with Crippen molar-refractivity contribution in [3.05, 3.63) is 65.9 Å². The summed E-state index contributed by atoms with van der Waals surface area (Å²) in [6.07, 6.45) is 0.222. The molecule has 10 heteroatoms. The summed E-state index contributed by atoms with van der Waals surface area (Å²) in [7, 11) is -3.99. The van der Waals surface area contributed by atoms with Gasteiger partial charge in [0.1, 0.15) is 6.10 Å². The van der Waals surface area contributed by atoms with Crippen LogP contribution in [0.15, 0.2) is 59.6 Å². The molecule has 4 rings (SSSR count). The van der Waals surface area contributed by atoms with Crippen molar-refractivity contribution in [2.24, 2.45) is 0 Å². The SMILES string of the molecule is Cc1ccc(S(=O)(=O)N(CCc2c[nH]c3ccccc23)CC2OC2(C(=O)OC(C)C)C(=O)OC(C)C)cc1. The number of H-pyrrole nitrogens is 1. The van der Waals surface area contributed by atoms with Crippen LogP contribution < -0.4 is 0 Å². The average Bonchev–Trinajstić information content (AvgIpc) is 3.45. The predicted octanol–water partition coefficient (Wildman–Crippen LogP) is 3.75. The van der Waals surface area contributed by atoms with E-state index in [1.54, 1.807) is 52.0 Å². The largest absolute Gasteiger partial charge is 0.460 e. The van der Waals surface area contributed by atoms with Crippen LogP contribution in [-0.2, 0) is 40.2 Å². The number of sulfonamides is 1. The standard InChI is InChI=1S/C28H34N2O7S/c1-18(2)35-26(31)28(27(32)36-19(3)4)25(37-28)17-30(38(33,34)22-12-10-20(5)11-13-22)15-14-21-16-29-24-9-7-6-8-23(21)24/h6-13,16,18-19,25,29H,14-15,17H2,1-5H3. The maximum absolute atomic E-state index is 13.8. The summed E-state index contributed by atoms with van der Waals surface area (Å²) in [5.41, 5.74) is 0.821. The van der Waals surface area contributed by atoms with Crippen LogP contribution in [0.2, 0.25) is 0 Å². The molecule has 1 N–H and O–H groups in total. The number of rotatable bonds is 11. The molecule has 204 valence electrons. The molecule has 1 aromatic heterocycles. The number of aromatic amines is 1. The first-order chi connectivity index (χ1) is 17.9. The average molecular weight is 543 g/mol. The lowest BCUT2D eigenvalue weighted by molar-refractivity contribution is -0.168. The fourth-order valence-electron chi connectivity index (χ4n) is 4.34. The highest BCUT2D eigenvalue weighted by atomic mass is 32.2. The fraction of sp³-hybridized carbons (Fsp3) is 0.429. The zero-order chi connectivity index (χ0) is 27.7. The quantitative estimate of drug-likeness (QED) is 0.223. The number of fused-ring (bicyclic) bond motifs is 1. The highest BCUT2D eigenvalue weighted by Gasteiger charge is 2.72. The molecule has 1 unspecified atom stereocenters. The molecule has 38 heavy (non-hydrogen) atoms. The molecular weight excluding hydrogens is 508 g/mol. The van der Waals surface area contributed by atoms with Gasteiger partial charge in [0.2, 0.25) is 10.0 Å². The Balaban J connectivity index is 1.64. The minimum atomic E-state index is -3.99. The van der Waals surface area contributed by atoms with E-state index in [9.17, 15) is 18.0 Å². The van der Waals surface area contributed by atoms with Gasteiger partial charge in [-0.25, -0.2) is 18.0 Å². The summed E-state index contributed by atoms with van der Waals surface area (Å²) in [5.74, 6) is -1.76. The van der Waals surface area contributed by atoms with Crippen molar-refractivity contribution in [1.29, 1.82) is 0 Å². The number of hydrogen-bond acceptors (Lipinski definition) is 7. The molecular formula is C28H34N2O7S. The van der Waals surface area contributed by atoms with Crippen LogP contribution in [0.3, 0.4) is 0 Å². The molecule has 2 heterocycles. The smallest absolute Gasteiger partial charge is 0.353 e. The van der Waals surface area contributed by atoms with Crippen molar-refractivity contribution in [1.82, 2.24) is 9.29 Å². The second kappa shape index (κ2) is 10.9. The second-order valence-corrected chi connectivity index (χ2v) is 12.0. The van der Waals surface area contributed by atoms with Gasteiger partial charge < -0.3 is 19.2 Å². The molecule has 0 amide bonds. The molecule has 0 radical (unpaired) electrons. The van der Waals surface area contributed by atoms with Gasteiger partial charge in [-0.05, 0) is 64.8 Å². The lowest BCUT2D eigenvalue weighted by Gasteiger charge is -2.22. The first kappa shape index (κ1) is 27.8. The van der Waals surface area contributed by atoms with Crippen LogP contribution in [0.5, 0.6) is 0 Å². The Labute approximate surface area is 223 Å². The minimum Gasteiger partial charge on any atom is -0.460 e. The lowest BCUT2D eigenvalue weighted by atomic mass is 10.1. The van der Waals surface area contributed by atoms with Gasteiger partial charge >= 0.3 is 11.9 Å². The number of aryl methyl sites for hydroxylation is 1. The topological polar surface area (TPSA) is 118 Å². The van der Waals surface area contributed by atoms with Gasteiger partial charge in [0.05, 0.1) is 17.1 Å². The molecule has 1 fully saturated rings. The number of carbonyl (C=O) groups excluding carboxylic acids is 2. The lowest BCUT2D eigenvalue weighted by Crippen LogP contribution is -2.45. The van der Waals surface area contributed by atoms with Crippen LogP contribution in [-0.4, -0.2) is 66.6 Å². The van der Waals surface area contributed by atoms with Crippen molar-refractivity contribution in [2.45, 2.75) is 69.8 Å². The third-order valence-electron chi connectivity index (χ3n) is 6.35. The number of nitrogens with one attached hydrogen (secondary N) is 1. The van der Waals surface area contributed by atoms with E-state index >= 15 is 0 Å². The van der Waals surface area contributed by atoms with Crippen LogP contribution in [0.25, 0.3) is 10.9 Å². The van der Waals surface area contributed by atoms with Crippen molar-refractivity contribution in [3.8, 4) is 0 Å². The Bertz CT molecular complexity index is 1390. The van der Waals surface area contributed by atoms with Gasteiger partial charge in [0, 0.05) is 30.2 Å². The van der Waals surface area contributed by atoms with Gasteiger partial charge in [-0.1, -0.05) is 35.9 Å². The first-order valence-electron chi connectivity index (χ1n) is 12.7. The molecule has 1 aliphatic rings. The highest BCUT2D eigenvalue weighted by Crippen LogP contribution is 2.41. The van der Waals surface area contributed by atoms with Gasteiger partial charge in [-0.2, -0.15) is 4.31 Å². The molecule has 3 aromatic rings. The van der Waals surface area contributed by atoms with Crippen molar-refractivity contribution in [2.75, 3.05) is 13.1 Å². The Morgan fingerprint density at radius 2 is 1.61 bits per heavy atom. The third kappa shape index (κ3) is 5.62. The summed E-state index contributed by atoms with van der Waals surface area (Å²) in [6.45, 7) is 8.39. The maximum atomic E-state index is 13.8. The van der Waals surface area contributed by atoms with Crippen molar-refractivity contribution in [3.63, 3.8) is 0 Å². The number of ether oxygens (including phenoxy) is 3. The van der Waals surface area contributed by atoms with E-state index in [2.05, 4.69) is 4.98 Å². The Hall–Kier alpha value is -3.21. The van der Waals surface area contributed by atoms with Gasteiger partial charge in [0.25, 0.3) is 5.60 Å². The summed E-state index contributed by atoms with van der Waals surface area (Å²) in [4.78, 5) is 29.3. The molecule has 0 spiro atoms. The predicted molar refractivity (Wildman–Crippen MR) is 142 cm³/mol. The number of aromatic nitrogens is 1. The Morgan fingerprint density at radius 1 is 1.00 bits per heavy atom. The normalized spacial score (nSPS) is 16.8. The molecule has 9 nitrogen and oxygen atoms in total. The van der Waals surface area contributed by atoms with E-state index in [0.29, 0.717) is 6.42 Å². The molecule has 1 atom stereocenters. The number of nitrogens with zero attached hydrogens (tertiary/aromatic N) is 1. The van der Waals surface area contributed by atoms with Crippen LogP contribution in [0.1, 0.15) is 38.8 Å². The summed E-state index contributed by atoms with van der Waals surface area (Å²) in [5, 5.41) is 0.998. The van der Waals surface area contributed by atoms with Crippen LogP contribution in [0, 0.1) is 6.92 Å². The number of para-hydroxylation sites is 1. The molecule has 0 aliphatic carbocycles. The van der Waals surface area contributed by atoms with Gasteiger partial charge in [-0.15, -0.1) is 0 Å². The van der Waals surface area contributed by atoms with E-state index in [-0.39, 0.29) is 18.0 Å². The van der Waals surface area contributed by atoms with Crippen LogP contribution >= 0.6 is 0 Å². The molecule has 0 saturated carbocycles. The van der Waals surface area contributed by atoms with Crippen molar-refractivity contribution >= 4 is 32.9 Å². The summed E-state index contributed by atoms with van der Waals surface area (Å²) >= 11 is 0. The van der Waals surface area contributed by atoms with Gasteiger partial charge in [-0.3, -0.25) is 0 Å². The molecule has 1 saturated heterocycles. The summed E-state index contributed by atoms with van der Waals surface area (Å²) < 4.78 is 45.1. The van der Waals surface area contributed by atoms with E-state index in [1.807, 2.05) is 37.4 Å². The maximum Gasteiger partial charge on any atom is 0.353 e. The molecule has 1 aliphatic heterocycles. The number of hydrogen-bond donors (Lipinski definition) is 1. The fourth-order valence-corrected chi connectivity index (χ4v) is 5.78. The third-order valence-corrected chi connectivity index (χ3v) is 8.23. The molecule has 0 bridgehead atoms. The zero-order valence-corrected chi connectivity index (χ0v) is 23.1. The monoisotopic (exact) mass is 542 g/mol. The minimum absolute atomic E-state index is 0.104.